The highest BCUT2D eigenvalue weighted by atomic mass is 32.2. The molecule has 1 N–H and O–H groups in total. The summed E-state index contributed by atoms with van der Waals surface area (Å²) in [6.07, 6.45) is 0. The number of methoxy groups -OCH3 is 1. The second kappa shape index (κ2) is 9.10. The largest absolute Gasteiger partial charge is 0.383 e. The van der Waals surface area contributed by atoms with Crippen molar-refractivity contribution in [1.82, 2.24) is 9.62 Å². The first kappa shape index (κ1) is 19.6. The summed E-state index contributed by atoms with van der Waals surface area (Å²) in [7, 11) is -2.09. The fraction of sp³-hybridized carbons (Fsp3) is 0.353. The molecule has 1 amide bonds. The Hall–Kier alpha value is -1.74. The predicted octanol–water partition coefficient (Wildman–Crippen LogP) is 2.34. The SMILES string of the molecule is CCN(Cc1cccs1)C(=O)c1ccc(S(=O)(=O)NCCOC)cc1. The van der Waals surface area contributed by atoms with Gasteiger partial charge in [-0.15, -0.1) is 11.3 Å². The summed E-state index contributed by atoms with van der Waals surface area (Å²) < 4.78 is 31.5. The topological polar surface area (TPSA) is 75.7 Å². The van der Waals surface area contributed by atoms with E-state index in [4.69, 9.17) is 4.74 Å². The molecule has 25 heavy (non-hydrogen) atoms. The second-order valence-corrected chi connectivity index (χ2v) is 8.11. The van der Waals surface area contributed by atoms with Crippen molar-refractivity contribution in [2.24, 2.45) is 0 Å². The molecular formula is C17H22N2O4S2. The summed E-state index contributed by atoms with van der Waals surface area (Å²) in [5.41, 5.74) is 0.467. The quantitative estimate of drug-likeness (QED) is 0.676. The highest BCUT2D eigenvalue weighted by Gasteiger charge is 2.17. The number of benzene rings is 1. The van der Waals surface area contributed by atoms with Crippen LogP contribution in [0.2, 0.25) is 0 Å². The molecule has 0 unspecified atom stereocenters. The lowest BCUT2D eigenvalue weighted by Gasteiger charge is -2.20. The number of sulfonamides is 1. The van der Waals surface area contributed by atoms with E-state index in [2.05, 4.69) is 4.72 Å². The first-order chi connectivity index (χ1) is 12.0. The average Bonchev–Trinajstić information content (AvgIpc) is 3.12. The maximum absolute atomic E-state index is 12.6. The zero-order valence-electron chi connectivity index (χ0n) is 14.3. The number of carbonyl (C=O) groups is 1. The van der Waals surface area contributed by atoms with Crippen molar-refractivity contribution in [2.45, 2.75) is 18.4 Å². The van der Waals surface area contributed by atoms with E-state index in [1.807, 2.05) is 24.4 Å². The molecule has 0 fully saturated rings. The van der Waals surface area contributed by atoms with E-state index in [0.29, 0.717) is 25.3 Å². The molecule has 2 aromatic rings. The van der Waals surface area contributed by atoms with E-state index >= 15 is 0 Å². The van der Waals surface area contributed by atoms with Crippen LogP contribution in [0.1, 0.15) is 22.2 Å². The minimum absolute atomic E-state index is 0.118. The molecule has 0 saturated heterocycles. The van der Waals surface area contributed by atoms with Crippen LogP contribution >= 0.6 is 11.3 Å². The molecule has 0 aliphatic rings. The molecule has 6 nitrogen and oxygen atoms in total. The van der Waals surface area contributed by atoms with Crippen molar-refractivity contribution < 1.29 is 17.9 Å². The fourth-order valence-corrected chi connectivity index (χ4v) is 3.97. The van der Waals surface area contributed by atoms with Gasteiger partial charge in [0, 0.05) is 30.6 Å². The molecule has 1 aromatic heterocycles. The van der Waals surface area contributed by atoms with Gasteiger partial charge in [-0.3, -0.25) is 4.79 Å². The van der Waals surface area contributed by atoms with Gasteiger partial charge in [0.05, 0.1) is 18.0 Å². The number of hydrogen-bond donors (Lipinski definition) is 1. The number of hydrogen-bond acceptors (Lipinski definition) is 5. The Kier molecular flexibility index (Phi) is 7.12. The number of thiophene rings is 1. The number of carbonyl (C=O) groups excluding carboxylic acids is 1. The van der Waals surface area contributed by atoms with E-state index < -0.39 is 10.0 Å². The van der Waals surface area contributed by atoms with Crippen molar-refractivity contribution in [3.63, 3.8) is 0 Å². The molecule has 0 spiro atoms. The molecule has 1 heterocycles. The zero-order valence-corrected chi connectivity index (χ0v) is 15.9. The van der Waals surface area contributed by atoms with Crippen LogP contribution in [0.4, 0.5) is 0 Å². The van der Waals surface area contributed by atoms with Gasteiger partial charge in [-0.1, -0.05) is 6.07 Å². The van der Waals surface area contributed by atoms with Crippen molar-refractivity contribution in [2.75, 3.05) is 26.8 Å². The monoisotopic (exact) mass is 382 g/mol. The first-order valence-corrected chi connectivity index (χ1v) is 10.2. The van der Waals surface area contributed by atoms with Crippen LogP contribution in [0, 0.1) is 0 Å². The van der Waals surface area contributed by atoms with Crippen molar-refractivity contribution in [3.05, 3.63) is 52.2 Å². The maximum atomic E-state index is 12.6. The van der Waals surface area contributed by atoms with Crippen molar-refractivity contribution in [3.8, 4) is 0 Å². The summed E-state index contributed by atoms with van der Waals surface area (Å²) in [6.45, 7) is 3.54. The molecule has 0 bridgehead atoms. The number of rotatable bonds is 9. The van der Waals surface area contributed by atoms with Gasteiger partial charge in [-0.25, -0.2) is 13.1 Å². The van der Waals surface area contributed by atoms with E-state index in [1.54, 1.807) is 28.4 Å². The normalized spacial score (nSPS) is 11.4. The van der Waals surface area contributed by atoms with Crippen LogP contribution in [-0.4, -0.2) is 46.0 Å². The van der Waals surface area contributed by atoms with Crippen LogP contribution in [0.5, 0.6) is 0 Å². The Morgan fingerprint density at radius 2 is 1.96 bits per heavy atom. The minimum Gasteiger partial charge on any atom is -0.383 e. The van der Waals surface area contributed by atoms with Crippen molar-refractivity contribution >= 4 is 27.3 Å². The van der Waals surface area contributed by atoms with Crippen LogP contribution in [0.25, 0.3) is 0 Å². The van der Waals surface area contributed by atoms with Gasteiger partial charge in [0.2, 0.25) is 10.0 Å². The molecule has 8 heteroatoms. The summed E-state index contributed by atoms with van der Waals surface area (Å²) in [5, 5.41) is 1.98. The van der Waals surface area contributed by atoms with Gasteiger partial charge in [-0.05, 0) is 42.6 Å². The van der Waals surface area contributed by atoms with Gasteiger partial charge >= 0.3 is 0 Å². The molecule has 1 aromatic carbocycles. The van der Waals surface area contributed by atoms with Crippen LogP contribution in [0.15, 0.2) is 46.7 Å². The highest BCUT2D eigenvalue weighted by molar-refractivity contribution is 7.89. The Morgan fingerprint density at radius 1 is 1.24 bits per heavy atom. The molecule has 0 saturated carbocycles. The molecule has 0 radical (unpaired) electrons. The lowest BCUT2D eigenvalue weighted by molar-refractivity contribution is 0.0754. The standard InChI is InChI=1S/C17H22N2O4S2/c1-3-19(13-15-5-4-12-24-15)17(20)14-6-8-16(9-7-14)25(21,22)18-10-11-23-2/h4-9,12,18H,3,10-11,13H2,1-2H3. The minimum atomic E-state index is -3.60. The summed E-state index contributed by atoms with van der Waals surface area (Å²) in [6, 6.07) is 9.92. The lowest BCUT2D eigenvalue weighted by Crippen LogP contribution is -2.30. The van der Waals surface area contributed by atoms with Gasteiger partial charge < -0.3 is 9.64 Å². The predicted molar refractivity (Wildman–Crippen MR) is 98.2 cm³/mol. The molecular weight excluding hydrogens is 360 g/mol. The third-order valence-electron chi connectivity index (χ3n) is 3.61. The third-order valence-corrected chi connectivity index (χ3v) is 5.94. The Morgan fingerprint density at radius 3 is 2.52 bits per heavy atom. The van der Waals surface area contributed by atoms with E-state index in [0.717, 1.165) is 4.88 Å². The second-order valence-electron chi connectivity index (χ2n) is 5.31. The molecule has 0 atom stereocenters. The number of nitrogens with one attached hydrogen (secondary N) is 1. The van der Waals surface area contributed by atoms with E-state index in [-0.39, 0.29) is 17.3 Å². The van der Waals surface area contributed by atoms with E-state index in [9.17, 15) is 13.2 Å². The van der Waals surface area contributed by atoms with Crippen LogP contribution in [-0.2, 0) is 21.3 Å². The molecule has 2 rings (SSSR count). The molecule has 0 aliphatic heterocycles. The maximum Gasteiger partial charge on any atom is 0.254 e. The van der Waals surface area contributed by atoms with Crippen LogP contribution in [0.3, 0.4) is 0 Å². The Labute approximate surface area is 152 Å². The van der Waals surface area contributed by atoms with Gasteiger partial charge in [0.1, 0.15) is 0 Å². The third kappa shape index (κ3) is 5.37. The smallest absolute Gasteiger partial charge is 0.254 e. The lowest BCUT2D eigenvalue weighted by atomic mass is 10.2. The summed E-state index contributed by atoms with van der Waals surface area (Å²) >= 11 is 1.60. The summed E-state index contributed by atoms with van der Waals surface area (Å²) in [5.74, 6) is -0.118. The number of ether oxygens (including phenoxy) is 1. The molecule has 0 aliphatic carbocycles. The Bertz CT molecular complexity index is 771. The molecule has 136 valence electrons. The number of amides is 1. The van der Waals surface area contributed by atoms with Crippen LogP contribution < -0.4 is 4.72 Å². The number of nitrogens with zero attached hydrogens (tertiary/aromatic N) is 1. The average molecular weight is 383 g/mol. The van der Waals surface area contributed by atoms with Gasteiger partial charge in [0.15, 0.2) is 0 Å². The fourth-order valence-electron chi connectivity index (χ4n) is 2.24. The van der Waals surface area contributed by atoms with Crippen molar-refractivity contribution in [1.29, 1.82) is 0 Å². The Balaban J connectivity index is 2.08. The van der Waals surface area contributed by atoms with Gasteiger partial charge in [-0.2, -0.15) is 0 Å². The zero-order chi connectivity index (χ0) is 18.3. The summed E-state index contributed by atoms with van der Waals surface area (Å²) in [4.78, 5) is 15.6. The van der Waals surface area contributed by atoms with Gasteiger partial charge in [0.25, 0.3) is 5.91 Å². The highest BCUT2D eigenvalue weighted by Crippen LogP contribution is 2.16. The van der Waals surface area contributed by atoms with E-state index in [1.165, 1.54) is 19.2 Å². The first-order valence-electron chi connectivity index (χ1n) is 7.88.